The number of non-ortho nitro benzene ring substituents is 1. The van der Waals surface area contributed by atoms with Gasteiger partial charge in [0.1, 0.15) is 0 Å². The quantitative estimate of drug-likeness (QED) is 0.485. The molecule has 0 amide bonds. The molecule has 2 aliphatic carbocycles. The Morgan fingerprint density at radius 3 is 2.21 bits per heavy atom. The minimum Gasteiger partial charge on any atom is -0.397 e. The second-order valence-corrected chi connectivity index (χ2v) is 5.79. The van der Waals surface area contributed by atoms with Crippen molar-refractivity contribution in [2.75, 3.05) is 23.7 Å². The van der Waals surface area contributed by atoms with Crippen molar-refractivity contribution < 1.29 is 4.92 Å². The van der Waals surface area contributed by atoms with E-state index in [2.05, 4.69) is 4.90 Å². The van der Waals surface area contributed by atoms with Crippen LogP contribution < -0.4 is 10.6 Å². The molecule has 1 aromatic carbocycles. The van der Waals surface area contributed by atoms with Crippen molar-refractivity contribution in [3.63, 3.8) is 0 Å². The van der Waals surface area contributed by atoms with E-state index < -0.39 is 4.92 Å². The van der Waals surface area contributed by atoms with Crippen molar-refractivity contribution in [1.82, 2.24) is 0 Å². The molecule has 2 N–H and O–H groups in total. The number of anilines is 2. The zero-order valence-corrected chi connectivity index (χ0v) is 10.9. The zero-order valence-electron chi connectivity index (χ0n) is 10.9. The zero-order chi connectivity index (χ0) is 13.4. The topological polar surface area (TPSA) is 72.4 Å². The van der Waals surface area contributed by atoms with Crippen LogP contribution in [0.2, 0.25) is 0 Å². The number of benzene rings is 1. The molecule has 102 valence electrons. The van der Waals surface area contributed by atoms with Crippen molar-refractivity contribution >= 4 is 17.1 Å². The van der Waals surface area contributed by atoms with Gasteiger partial charge in [-0.25, -0.2) is 0 Å². The van der Waals surface area contributed by atoms with Gasteiger partial charge < -0.3 is 10.6 Å². The van der Waals surface area contributed by atoms with Crippen LogP contribution in [0.3, 0.4) is 0 Å². The maximum atomic E-state index is 10.7. The molecule has 5 heteroatoms. The third kappa shape index (κ3) is 2.97. The van der Waals surface area contributed by atoms with Crippen LogP contribution in [0.25, 0.3) is 0 Å². The monoisotopic (exact) mass is 261 g/mol. The number of nitro benzene ring substituents is 1. The van der Waals surface area contributed by atoms with E-state index in [4.69, 9.17) is 5.73 Å². The van der Waals surface area contributed by atoms with Crippen LogP contribution in [0.5, 0.6) is 0 Å². The Hall–Kier alpha value is -1.78. The standard InChI is InChI=1S/C14H19N3O2/c15-13-7-12(17(18)19)5-6-14(13)16(8-10-1-2-10)9-11-3-4-11/h5-7,10-11H,1-4,8-9,15H2. The van der Waals surface area contributed by atoms with Crippen LogP contribution in [-0.2, 0) is 0 Å². The number of rotatable bonds is 6. The number of hydrogen-bond donors (Lipinski definition) is 1. The molecule has 0 saturated heterocycles. The van der Waals surface area contributed by atoms with E-state index in [1.165, 1.54) is 31.7 Å². The molecule has 5 nitrogen and oxygen atoms in total. The fourth-order valence-electron chi connectivity index (χ4n) is 2.44. The van der Waals surface area contributed by atoms with Crippen LogP contribution >= 0.6 is 0 Å². The SMILES string of the molecule is Nc1cc([N+](=O)[O-])ccc1N(CC1CC1)CC1CC1. The summed E-state index contributed by atoms with van der Waals surface area (Å²) < 4.78 is 0. The number of nitrogen functional groups attached to an aromatic ring is 1. The lowest BCUT2D eigenvalue weighted by Gasteiger charge is -2.26. The molecule has 0 aliphatic heterocycles. The first kappa shape index (κ1) is 12.3. The molecule has 19 heavy (non-hydrogen) atoms. The van der Waals surface area contributed by atoms with Gasteiger partial charge in [0.05, 0.1) is 16.3 Å². The summed E-state index contributed by atoms with van der Waals surface area (Å²) in [7, 11) is 0. The number of nitrogens with two attached hydrogens (primary N) is 1. The molecule has 2 saturated carbocycles. The summed E-state index contributed by atoms with van der Waals surface area (Å²) in [5, 5.41) is 10.7. The Bertz CT molecular complexity index is 481. The second kappa shape index (κ2) is 4.72. The lowest BCUT2D eigenvalue weighted by Crippen LogP contribution is -2.28. The Labute approximate surface area is 112 Å². The van der Waals surface area contributed by atoms with Gasteiger partial charge in [-0.3, -0.25) is 10.1 Å². The molecule has 0 aromatic heterocycles. The van der Waals surface area contributed by atoms with Gasteiger partial charge >= 0.3 is 0 Å². The van der Waals surface area contributed by atoms with E-state index in [0.717, 1.165) is 30.6 Å². The summed E-state index contributed by atoms with van der Waals surface area (Å²) in [5.41, 5.74) is 7.56. The molecule has 3 rings (SSSR count). The summed E-state index contributed by atoms with van der Waals surface area (Å²) in [4.78, 5) is 12.7. The third-order valence-corrected chi connectivity index (χ3v) is 3.91. The van der Waals surface area contributed by atoms with E-state index >= 15 is 0 Å². The van der Waals surface area contributed by atoms with Gasteiger partial charge in [-0.1, -0.05) is 0 Å². The fraction of sp³-hybridized carbons (Fsp3) is 0.571. The van der Waals surface area contributed by atoms with Crippen LogP contribution in [0, 0.1) is 22.0 Å². The first-order chi connectivity index (χ1) is 9.13. The summed E-state index contributed by atoms with van der Waals surface area (Å²) in [5.74, 6) is 1.57. The first-order valence-electron chi connectivity index (χ1n) is 6.92. The lowest BCUT2D eigenvalue weighted by molar-refractivity contribution is -0.384. The van der Waals surface area contributed by atoms with Gasteiger partial charge in [0.2, 0.25) is 0 Å². The Kier molecular flexibility index (Phi) is 3.05. The van der Waals surface area contributed by atoms with Crippen molar-refractivity contribution in [3.05, 3.63) is 28.3 Å². The maximum Gasteiger partial charge on any atom is 0.271 e. The van der Waals surface area contributed by atoms with Crippen LogP contribution in [0.15, 0.2) is 18.2 Å². The minimum absolute atomic E-state index is 0.0686. The number of hydrogen-bond acceptors (Lipinski definition) is 4. The van der Waals surface area contributed by atoms with E-state index in [1.54, 1.807) is 12.1 Å². The Balaban J connectivity index is 1.80. The molecular formula is C14H19N3O2. The molecule has 0 heterocycles. The fourth-order valence-corrected chi connectivity index (χ4v) is 2.44. The van der Waals surface area contributed by atoms with E-state index in [1.807, 2.05) is 0 Å². The van der Waals surface area contributed by atoms with Gasteiger partial charge in [0, 0.05) is 25.2 Å². The van der Waals surface area contributed by atoms with Gasteiger partial charge in [-0.05, 0) is 43.6 Å². The van der Waals surface area contributed by atoms with Crippen LogP contribution in [-0.4, -0.2) is 18.0 Å². The molecule has 2 aliphatic rings. The van der Waals surface area contributed by atoms with E-state index in [-0.39, 0.29) is 5.69 Å². The predicted molar refractivity (Wildman–Crippen MR) is 75.2 cm³/mol. The van der Waals surface area contributed by atoms with Gasteiger partial charge in [0.15, 0.2) is 0 Å². The molecule has 0 radical (unpaired) electrons. The molecule has 2 fully saturated rings. The summed E-state index contributed by atoms with van der Waals surface area (Å²) in [6.45, 7) is 2.08. The van der Waals surface area contributed by atoms with Crippen LogP contribution in [0.4, 0.5) is 17.1 Å². The van der Waals surface area contributed by atoms with E-state index in [9.17, 15) is 10.1 Å². The normalized spacial score (nSPS) is 18.3. The summed E-state index contributed by atoms with van der Waals surface area (Å²) in [6.07, 6.45) is 5.20. The molecular weight excluding hydrogens is 242 g/mol. The van der Waals surface area contributed by atoms with Gasteiger partial charge in [0.25, 0.3) is 5.69 Å². The summed E-state index contributed by atoms with van der Waals surface area (Å²) >= 11 is 0. The highest BCUT2D eigenvalue weighted by Gasteiger charge is 2.30. The van der Waals surface area contributed by atoms with E-state index in [0.29, 0.717) is 5.69 Å². The largest absolute Gasteiger partial charge is 0.397 e. The highest BCUT2D eigenvalue weighted by molar-refractivity contribution is 5.70. The average molecular weight is 261 g/mol. The summed E-state index contributed by atoms with van der Waals surface area (Å²) in [6, 6.07) is 4.83. The van der Waals surface area contributed by atoms with Gasteiger partial charge in [-0.2, -0.15) is 0 Å². The predicted octanol–water partition coefficient (Wildman–Crippen LogP) is 2.80. The average Bonchev–Trinajstić information content (AvgIpc) is 3.23. The first-order valence-corrected chi connectivity index (χ1v) is 6.92. The van der Waals surface area contributed by atoms with Crippen LogP contribution in [0.1, 0.15) is 25.7 Å². The smallest absolute Gasteiger partial charge is 0.271 e. The van der Waals surface area contributed by atoms with Crippen molar-refractivity contribution in [3.8, 4) is 0 Å². The minimum atomic E-state index is -0.397. The molecule has 0 bridgehead atoms. The highest BCUT2D eigenvalue weighted by atomic mass is 16.6. The molecule has 0 unspecified atom stereocenters. The van der Waals surface area contributed by atoms with Crippen molar-refractivity contribution in [1.29, 1.82) is 0 Å². The van der Waals surface area contributed by atoms with Crippen molar-refractivity contribution in [2.24, 2.45) is 11.8 Å². The Morgan fingerprint density at radius 1 is 1.21 bits per heavy atom. The lowest BCUT2D eigenvalue weighted by atomic mass is 10.2. The van der Waals surface area contributed by atoms with Gasteiger partial charge in [-0.15, -0.1) is 0 Å². The van der Waals surface area contributed by atoms with Crippen molar-refractivity contribution in [2.45, 2.75) is 25.7 Å². The second-order valence-electron chi connectivity index (χ2n) is 5.79. The highest BCUT2D eigenvalue weighted by Crippen LogP contribution is 2.38. The molecule has 1 aromatic rings. The number of nitrogens with zero attached hydrogens (tertiary/aromatic N) is 2. The Morgan fingerprint density at radius 2 is 1.79 bits per heavy atom. The molecule has 0 spiro atoms. The maximum absolute atomic E-state index is 10.7. The molecule has 0 atom stereocenters. The number of nitro groups is 1. The third-order valence-electron chi connectivity index (χ3n) is 3.91.